The molecule has 0 amide bonds. The Kier molecular flexibility index (Phi) is 10.0. The summed E-state index contributed by atoms with van der Waals surface area (Å²) in [6.45, 7) is 4.33. The molecule has 1 aromatic rings. The summed E-state index contributed by atoms with van der Waals surface area (Å²) in [6, 6.07) is 3.23. The Morgan fingerprint density at radius 1 is 1.35 bits per heavy atom. The van der Waals surface area contributed by atoms with E-state index >= 15 is 0 Å². The van der Waals surface area contributed by atoms with E-state index < -0.39 is 12.0 Å². The highest BCUT2D eigenvalue weighted by molar-refractivity contribution is 5.85. The third-order valence-corrected chi connectivity index (χ3v) is 2.21. The monoisotopic (exact) mass is 280 g/mol. The molecule has 0 bridgehead atoms. The number of aliphatic carboxylic acids is 1. The van der Waals surface area contributed by atoms with Crippen LogP contribution in [0, 0.1) is 5.92 Å². The van der Waals surface area contributed by atoms with Gasteiger partial charge in [-0.1, -0.05) is 13.8 Å². The molecule has 1 unspecified atom stereocenters. The van der Waals surface area contributed by atoms with Crippen LogP contribution in [0.5, 0.6) is 0 Å². The van der Waals surface area contributed by atoms with Crippen molar-refractivity contribution < 1.29 is 9.90 Å². The van der Waals surface area contributed by atoms with Crippen LogP contribution in [-0.4, -0.2) is 22.1 Å². The van der Waals surface area contributed by atoms with Gasteiger partial charge in [0, 0.05) is 18.9 Å². The number of hydrogen-bond acceptors (Lipinski definition) is 3. The highest BCUT2D eigenvalue weighted by Crippen LogP contribution is 2.03. The maximum Gasteiger partial charge on any atom is 0.320 e. The van der Waals surface area contributed by atoms with E-state index in [1.807, 2.05) is 26.0 Å². The molecule has 1 rings (SSSR count). The van der Waals surface area contributed by atoms with E-state index in [2.05, 4.69) is 10.3 Å². The van der Waals surface area contributed by atoms with Crippen LogP contribution in [0.4, 0.5) is 0 Å². The molecule has 1 atom stereocenters. The summed E-state index contributed by atoms with van der Waals surface area (Å²) >= 11 is 0. The summed E-state index contributed by atoms with van der Waals surface area (Å²) in [5.41, 5.74) is 1.04. The van der Waals surface area contributed by atoms with Crippen molar-refractivity contribution in [1.82, 2.24) is 10.3 Å². The molecule has 4 nitrogen and oxygen atoms in total. The standard InChI is InChI=1S/C11H16N2O2.2ClH/c1-8(2)10(11(14)15)13-7-9-3-5-12-6-4-9;;/h3-6,8,10,13H,7H2,1-2H3,(H,14,15);2*1H. The molecular weight excluding hydrogens is 263 g/mol. The van der Waals surface area contributed by atoms with Crippen LogP contribution in [0.15, 0.2) is 24.5 Å². The van der Waals surface area contributed by atoms with Crippen molar-refractivity contribution in [2.45, 2.75) is 26.4 Å². The fraction of sp³-hybridized carbons (Fsp3) is 0.455. The van der Waals surface area contributed by atoms with Gasteiger partial charge in [-0.2, -0.15) is 0 Å². The number of carboxylic acids is 1. The summed E-state index contributed by atoms with van der Waals surface area (Å²) in [6.07, 6.45) is 3.39. The Balaban J connectivity index is 0. The second-order valence-corrected chi connectivity index (χ2v) is 3.80. The smallest absolute Gasteiger partial charge is 0.320 e. The number of hydrogen-bond donors (Lipinski definition) is 2. The molecule has 1 aromatic heterocycles. The lowest BCUT2D eigenvalue weighted by Gasteiger charge is -2.17. The van der Waals surface area contributed by atoms with Gasteiger partial charge in [0.2, 0.25) is 0 Å². The quantitative estimate of drug-likeness (QED) is 0.868. The van der Waals surface area contributed by atoms with Crippen LogP contribution in [0.3, 0.4) is 0 Å². The first kappa shape index (κ1) is 18.5. The van der Waals surface area contributed by atoms with E-state index in [9.17, 15) is 4.79 Å². The summed E-state index contributed by atoms with van der Waals surface area (Å²) in [5, 5.41) is 12.0. The fourth-order valence-corrected chi connectivity index (χ4v) is 1.34. The number of halogens is 2. The molecule has 2 N–H and O–H groups in total. The first-order valence-corrected chi connectivity index (χ1v) is 4.96. The second kappa shape index (κ2) is 9.22. The van der Waals surface area contributed by atoms with Crippen molar-refractivity contribution in [2.24, 2.45) is 5.92 Å². The van der Waals surface area contributed by atoms with Crippen molar-refractivity contribution in [3.63, 3.8) is 0 Å². The first-order valence-electron chi connectivity index (χ1n) is 4.96. The van der Waals surface area contributed by atoms with Crippen LogP contribution < -0.4 is 5.32 Å². The van der Waals surface area contributed by atoms with Gasteiger partial charge < -0.3 is 10.4 Å². The summed E-state index contributed by atoms with van der Waals surface area (Å²) in [4.78, 5) is 14.8. The molecule has 98 valence electrons. The number of aromatic nitrogens is 1. The number of nitrogens with zero attached hydrogens (tertiary/aromatic N) is 1. The Hall–Kier alpha value is -0.840. The summed E-state index contributed by atoms with van der Waals surface area (Å²) in [7, 11) is 0. The average molecular weight is 281 g/mol. The minimum Gasteiger partial charge on any atom is -0.480 e. The number of pyridine rings is 1. The SMILES string of the molecule is CC(C)C(NCc1ccncc1)C(=O)O.Cl.Cl. The van der Waals surface area contributed by atoms with Crippen LogP contribution in [0.1, 0.15) is 19.4 Å². The third-order valence-electron chi connectivity index (χ3n) is 2.21. The molecule has 6 heteroatoms. The number of rotatable bonds is 5. The highest BCUT2D eigenvalue weighted by Gasteiger charge is 2.20. The molecular formula is C11H18Cl2N2O2. The van der Waals surface area contributed by atoms with Crippen molar-refractivity contribution in [3.05, 3.63) is 30.1 Å². The Bertz CT molecular complexity index is 321. The van der Waals surface area contributed by atoms with Crippen LogP contribution >= 0.6 is 24.8 Å². The van der Waals surface area contributed by atoms with Gasteiger partial charge in [0.15, 0.2) is 0 Å². The first-order chi connectivity index (χ1) is 7.11. The van der Waals surface area contributed by atoms with Crippen molar-refractivity contribution >= 4 is 30.8 Å². The molecule has 0 saturated heterocycles. The van der Waals surface area contributed by atoms with Gasteiger partial charge in [0.1, 0.15) is 6.04 Å². The Labute approximate surface area is 114 Å². The normalized spacial score (nSPS) is 11.2. The predicted molar refractivity (Wildman–Crippen MR) is 71.8 cm³/mol. The minimum absolute atomic E-state index is 0. The molecule has 0 aliphatic carbocycles. The zero-order valence-electron chi connectivity index (χ0n) is 9.79. The molecule has 17 heavy (non-hydrogen) atoms. The lowest BCUT2D eigenvalue weighted by molar-refractivity contribution is -0.140. The van der Waals surface area contributed by atoms with Gasteiger partial charge in [-0.25, -0.2) is 0 Å². The molecule has 0 aromatic carbocycles. The van der Waals surface area contributed by atoms with Crippen molar-refractivity contribution in [1.29, 1.82) is 0 Å². The molecule has 1 heterocycles. The maximum atomic E-state index is 10.9. The molecule has 0 fully saturated rings. The maximum absolute atomic E-state index is 10.9. The summed E-state index contributed by atoms with van der Waals surface area (Å²) < 4.78 is 0. The van der Waals surface area contributed by atoms with Crippen molar-refractivity contribution in [3.8, 4) is 0 Å². The lowest BCUT2D eigenvalue weighted by Crippen LogP contribution is -2.40. The van der Waals surface area contributed by atoms with E-state index in [0.29, 0.717) is 6.54 Å². The van der Waals surface area contributed by atoms with Gasteiger partial charge in [0.25, 0.3) is 0 Å². The van der Waals surface area contributed by atoms with Gasteiger partial charge in [-0.3, -0.25) is 9.78 Å². The van der Waals surface area contributed by atoms with Crippen LogP contribution in [0.2, 0.25) is 0 Å². The van der Waals surface area contributed by atoms with E-state index in [4.69, 9.17) is 5.11 Å². The highest BCUT2D eigenvalue weighted by atomic mass is 35.5. The van der Waals surface area contributed by atoms with Crippen LogP contribution in [0.25, 0.3) is 0 Å². The Morgan fingerprint density at radius 2 is 1.88 bits per heavy atom. The van der Waals surface area contributed by atoms with E-state index in [1.54, 1.807) is 12.4 Å². The van der Waals surface area contributed by atoms with E-state index in [0.717, 1.165) is 5.56 Å². The second-order valence-electron chi connectivity index (χ2n) is 3.80. The zero-order valence-corrected chi connectivity index (χ0v) is 11.4. The fourth-order valence-electron chi connectivity index (χ4n) is 1.34. The molecule has 0 aliphatic heterocycles. The van der Waals surface area contributed by atoms with Crippen molar-refractivity contribution in [2.75, 3.05) is 0 Å². The third kappa shape index (κ3) is 6.46. The molecule has 0 saturated carbocycles. The zero-order chi connectivity index (χ0) is 11.3. The van der Waals surface area contributed by atoms with Gasteiger partial charge in [0.05, 0.1) is 0 Å². The summed E-state index contributed by atoms with van der Waals surface area (Å²) in [5.74, 6) is -0.733. The topological polar surface area (TPSA) is 62.2 Å². The van der Waals surface area contributed by atoms with Crippen LogP contribution in [-0.2, 0) is 11.3 Å². The number of carboxylic acid groups (broad SMARTS) is 1. The predicted octanol–water partition coefficient (Wildman–Crippen LogP) is 2.12. The van der Waals surface area contributed by atoms with Gasteiger partial charge in [-0.05, 0) is 23.6 Å². The lowest BCUT2D eigenvalue weighted by atomic mass is 10.0. The number of carbonyl (C=O) groups is 1. The average Bonchev–Trinajstić information content (AvgIpc) is 2.18. The van der Waals surface area contributed by atoms with E-state index in [-0.39, 0.29) is 30.7 Å². The Morgan fingerprint density at radius 3 is 2.29 bits per heavy atom. The largest absolute Gasteiger partial charge is 0.480 e. The molecule has 0 aliphatic rings. The minimum atomic E-state index is -0.806. The van der Waals surface area contributed by atoms with Gasteiger partial charge >= 0.3 is 5.97 Å². The van der Waals surface area contributed by atoms with E-state index in [1.165, 1.54) is 0 Å². The van der Waals surface area contributed by atoms with Gasteiger partial charge in [-0.15, -0.1) is 24.8 Å². The number of nitrogens with one attached hydrogen (secondary N) is 1. The molecule has 0 spiro atoms. The molecule has 0 radical (unpaired) electrons.